The van der Waals surface area contributed by atoms with Gasteiger partial charge in [-0.2, -0.15) is 33.7 Å². The molecule has 8 aromatic carbocycles. The number of unbranched alkanes of at least 4 members (excludes halogenated alkanes) is 2. The van der Waals surface area contributed by atoms with E-state index in [1.165, 1.54) is 0 Å². The predicted molar refractivity (Wildman–Crippen MR) is 372 cm³/mol. The molecule has 0 aliphatic rings. The summed E-state index contributed by atoms with van der Waals surface area (Å²) in [6, 6.07) is 66.9. The summed E-state index contributed by atoms with van der Waals surface area (Å²) in [6.45, 7) is 11.1. The number of fused-ring (bicyclic) bond motifs is 4. The molecule has 0 saturated heterocycles. The monoisotopic (exact) mass is 1330 g/mol. The van der Waals surface area contributed by atoms with Gasteiger partial charge in [-0.3, -0.25) is 18.2 Å². The fourth-order valence-corrected chi connectivity index (χ4v) is 11.1. The zero-order valence-electron chi connectivity index (χ0n) is 52.5. The number of aryl methyl sites for hydroxylation is 3. The Labute approximate surface area is 543 Å². The van der Waals surface area contributed by atoms with Gasteiger partial charge < -0.3 is 9.13 Å². The quantitative estimate of drug-likeness (QED) is 0.0516. The van der Waals surface area contributed by atoms with E-state index in [9.17, 15) is 33.7 Å². The van der Waals surface area contributed by atoms with Crippen molar-refractivity contribution >= 4 is 84.6 Å². The molecule has 0 bridgehead atoms. The Balaban J connectivity index is 0.000000220. The Kier molecular flexibility index (Phi) is 25.0. The summed E-state index contributed by atoms with van der Waals surface area (Å²) >= 11 is 0. The van der Waals surface area contributed by atoms with Crippen LogP contribution in [-0.4, -0.2) is 115 Å². The molecule has 0 fully saturated rings. The lowest BCUT2D eigenvalue weighted by atomic mass is 9.99. The van der Waals surface area contributed by atoms with Crippen molar-refractivity contribution in [1.29, 1.82) is 0 Å². The second kappa shape index (κ2) is 32.5. The second-order valence-corrected chi connectivity index (χ2v) is 26.8. The summed E-state index contributed by atoms with van der Waals surface area (Å²) < 4.78 is 118. The summed E-state index contributed by atoms with van der Waals surface area (Å²) in [6.07, 6.45) is 3.32. The summed E-state index contributed by atoms with van der Waals surface area (Å²) in [5, 5.41) is 0. The van der Waals surface area contributed by atoms with Crippen molar-refractivity contribution in [3.05, 3.63) is 206 Å². The van der Waals surface area contributed by atoms with Gasteiger partial charge in [0.05, 0.1) is 90.9 Å². The minimum atomic E-state index is -4.00. The fraction of sp³-hybridized carbons (Fsp3) is 0.217. The minimum Gasteiger partial charge on any atom is -0.328 e. The van der Waals surface area contributed by atoms with Gasteiger partial charge in [0, 0.05) is 40.9 Å². The number of rotatable bonds is 16. The smallest absolute Gasteiger partial charge is 0.264 e. The van der Waals surface area contributed by atoms with Gasteiger partial charge in [0.2, 0.25) is 0 Å². The van der Waals surface area contributed by atoms with Crippen molar-refractivity contribution < 1.29 is 51.9 Å². The standard InChI is InChI=1S/C34H22N4.C29H32N4O6S2.2C2H6.2CH4O3S/c1-3-11-23(12-4-1)31-33(37-29-17-9-7-15-27(29)35-31)25-19-21-26(22-20-25)34-32(24-13-5-2-6-14-24)36-28-16-8-10-18-30(28)38-34;1-21-30-25-19-23(11-13-27(25)32(21)15-5-7-17-40(34,35)36)24-12-14-28-26(20-24)31-29(22-9-3-2-4-10-22)33(28)16-6-8-18-41(37,38)39;2*1-2;2*1-5(2,3)4/h1-22H;2-4,9-14,19-20H,5-8,15-18H2,1H3,(H,34,35,36)(H,37,38,39);2*1-2H3;2*1H3,(H,2,3,4). The van der Waals surface area contributed by atoms with Gasteiger partial charge in [0.25, 0.3) is 40.5 Å². The largest absolute Gasteiger partial charge is 0.328 e. The molecule has 0 unspecified atom stereocenters. The van der Waals surface area contributed by atoms with Gasteiger partial charge in [-0.1, -0.05) is 179 Å². The highest BCUT2D eigenvalue weighted by molar-refractivity contribution is 7.86. The third kappa shape index (κ3) is 21.0. The molecular weight excluding hydrogens is 1260 g/mol. The maximum absolute atomic E-state index is 11.2. The first kappa shape index (κ1) is 71.5. The molecule has 4 aromatic heterocycles. The molecule has 93 heavy (non-hydrogen) atoms. The zero-order valence-corrected chi connectivity index (χ0v) is 55.7. The van der Waals surface area contributed by atoms with Gasteiger partial charge in [0.15, 0.2) is 0 Å². The van der Waals surface area contributed by atoms with E-state index in [0.29, 0.717) is 51.3 Å². The van der Waals surface area contributed by atoms with Gasteiger partial charge in [0.1, 0.15) is 11.6 Å². The van der Waals surface area contributed by atoms with Gasteiger partial charge in [-0.05, 0) is 92.3 Å². The van der Waals surface area contributed by atoms with Gasteiger partial charge in [-0.25, -0.2) is 29.9 Å². The Morgan fingerprint density at radius 1 is 0.323 bits per heavy atom. The molecule has 4 heterocycles. The van der Waals surface area contributed by atoms with Gasteiger partial charge in [-0.15, -0.1) is 0 Å². The van der Waals surface area contributed by atoms with Crippen molar-refractivity contribution in [1.82, 2.24) is 39.0 Å². The van der Waals surface area contributed by atoms with E-state index in [1.54, 1.807) is 0 Å². The van der Waals surface area contributed by atoms with Crippen molar-refractivity contribution in [3.8, 4) is 67.5 Å². The number of para-hydroxylation sites is 4. The fourth-order valence-electron chi connectivity index (χ4n) is 9.95. The molecule has 20 nitrogen and oxygen atoms in total. The lowest BCUT2D eigenvalue weighted by molar-refractivity contribution is 0.476. The third-order valence-corrected chi connectivity index (χ3v) is 15.4. The van der Waals surface area contributed by atoms with Crippen molar-refractivity contribution in [2.24, 2.45) is 0 Å². The highest BCUT2D eigenvalue weighted by Gasteiger charge is 2.19. The molecule has 0 aliphatic carbocycles. The van der Waals surface area contributed by atoms with Gasteiger partial charge >= 0.3 is 0 Å². The van der Waals surface area contributed by atoms with Crippen LogP contribution in [0.25, 0.3) is 112 Å². The molecule has 0 radical (unpaired) electrons. The van der Waals surface area contributed by atoms with Crippen LogP contribution in [0.1, 0.15) is 59.2 Å². The van der Waals surface area contributed by atoms with Crippen LogP contribution in [0.4, 0.5) is 0 Å². The van der Waals surface area contributed by atoms with E-state index in [0.717, 1.165) is 118 Å². The van der Waals surface area contributed by atoms with E-state index in [2.05, 4.69) is 57.7 Å². The maximum atomic E-state index is 11.2. The maximum Gasteiger partial charge on any atom is 0.264 e. The van der Waals surface area contributed by atoms with Crippen molar-refractivity contribution in [3.63, 3.8) is 0 Å². The van der Waals surface area contributed by atoms with Crippen LogP contribution in [0.5, 0.6) is 0 Å². The lowest BCUT2D eigenvalue weighted by Gasteiger charge is -2.13. The first-order valence-corrected chi connectivity index (χ1v) is 36.8. The van der Waals surface area contributed by atoms with Crippen LogP contribution in [0.15, 0.2) is 200 Å². The number of nitrogens with zero attached hydrogens (tertiary/aromatic N) is 8. The van der Waals surface area contributed by atoms with Crippen molar-refractivity contribution in [2.75, 3.05) is 24.0 Å². The number of aromatic nitrogens is 8. The molecule has 0 saturated carbocycles. The van der Waals surface area contributed by atoms with E-state index < -0.39 is 40.5 Å². The highest BCUT2D eigenvalue weighted by atomic mass is 32.2. The molecule has 0 atom stereocenters. The number of hydrogen-bond acceptors (Lipinski definition) is 14. The summed E-state index contributed by atoms with van der Waals surface area (Å²) in [5.41, 5.74) is 17.5. The van der Waals surface area contributed by atoms with E-state index in [-0.39, 0.29) is 11.5 Å². The molecule has 24 heteroatoms. The number of benzene rings is 8. The predicted octanol–water partition coefficient (Wildman–Crippen LogP) is 14.7. The minimum absolute atomic E-state index is 0.252. The number of imidazole rings is 2. The molecule has 486 valence electrons. The number of hydrogen-bond donors (Lipinski definition) is 4. The van der Waals surface area contributed by atoms with Crippen LogP contribution < -0.4 is 0 Å². The van der Waals surface area contributed by atoms with Crippen LogP contribution in [0.3, 0.4) is 0 Å². The Morgan fingerprint density at radius 3 is 0.946 bits per heavy atom. The van der Waals surface area contributed by atoms with E-state index in [4.69, 9.17) is 48.1 Å². The third-order valence-electron chi connectivity index (χ3n) is 13.8. The molecular formula is C69H74N8O12S4. The lowest BCUT2D eigenvalue weighted by Crippen LogP contribution is -2.06. The molecule has 0 aliphatic heterocycles. The first-order chi connectivity index (χ1) is 44.3. The van der Waals surface area contributed by atoms with Crippen molar-refractivity contribution in [2.45, 2.75) is 73.4 Å². The van der Waals surface area contributed by atoms with Crippen LogP contribution >= 0.6 is 0 Å². The Bertz CT molecular complexity index is 4760. The topological polar surface area (TPSA) is 305 Å². The Hall–Kier alpha value is -8.98. The average Bonchev–Trinajstić information content (AvgIpc) is 1.71. The molecule has 4 N–H and O–H groups in total. The Morgan fingerprint density at radius 2 is 0.602 bits per heavy atom. The summed E-state index contributed by atoms with van der Waals surface area (Å²) in [4.78, 5) is 29.8. The summed E-state index contributed by atoms with van der Waals surface area (Å²) in [7, 11) is -15.3. The van der Waals surface area contributed by atoms with E-state index in [1.807, 2.05) is 186 Å². The van der Waals surface area contributed by atoms with Crippen LogP contribution in [-0.2, 0) is 53.6 Å². The highest BCUT2D eigenvalue weighted by Crippen LogP contribution is 2.36. The molecule has 12 aromatic rings. The van der Waals surface area contributed by atoms with E-state index >= 15 is 0 Å². The molecule has 12 rings (SSSR count). The SMILES string of the molecule is CC.CC.CS(=O)(=O)O.CS(=O)(=O)O.Cc1nc2cc(-c3ccc4c(c3)nc(-c3ccccc3)n4CCCCS(=O)(=O)O)ccc2n1CCCCS(=O)(=O)O.c1ccc(-c2nc3ccccc3nc2-c2ccc(-c3nc4ccccc4nc3-c3ccccc3)cc2)cc1. The van der Waals surface area contributed by atoms with Crippen LogP contribution in [0.2, 0.25) is 0 Å². The molecule has 0 spiro atoms. The normalized spacial score (nSPS) is 11.4. The average molecular weight is 1340 g/mol. The first-order valence-electron chi connectivity index (χ1n) is 29.9. The second-order valence-electron chi connectivity index (χ2n) is 20.8. The molecule has 0 amide bonds. The van der Waals surface area contributed by atoms with Crippen LogP contribution in [0, 0.1) is 6.92 Å². The zero-order chi connectivity index (χ0) is 67.5. The summed E-state index contributed by atoms with van der Waals surface area (Å²) in [5.74, 6) is 1.10.